The highest BCUT2D eigenvalue weighted by Gasteiger charge is 2.16. The third-order valence-corrected chi connectivity index (χ3v) is 2.98. The predicted octanol–water partition coefficient (Wildman–Crippen LogP) is 3.19. The third-order valence-electron chi connectivity index (χ3n) is 2.98. The molecule has 0 spiro atoms. The zero-order chi connectivity index (χ0) is 14.5. The van der Waals surface area contributed by atoms with Crippen molar-refractivity contribution < 1.29 is 14.3 Å². The molecule has 0 fully saturated rings. The molecule has 0 aliphatic rings. The van der Waals surface area contributed by atoms with Crippen LogP contribution in [0.4, 0.5) is 0 Å². The first-order valence-electron chi connectivity index (χ1n) is 7.57. The highest BCUT2D eigenvalue weighted by molar-refractivity contribution is 5.84. The molecule has 0 saturated carbocycles. The number of esters is 1. The lowest BCUT2D eigenvalue weighted by Gasteiger charge is -2.13. The smallest absolute Gasteiger partial charge is 0.328 e. The molecule has 0 aromatic heterocycles. The highest BCUT2D eigenvalue weighted by Crippen LogP contribution is 2.03. The van der Waals surface area contributed by atoms with Gasteiger partial charge in [0.25, 0.3) is 0 Å². The Morgan fingerprint density at radius 2 is 1.63 bits per heavy atom. The Balaban J connectivity index is 3.61. The van der Waals surface area contributed by atoms with Crippen LogP contribution in [0.3, 0.4) is 0 Å². The molecule has 112 valence electrons. The minimum atomic E-state index is -0.542. The molecular weight excluding hydrogens is 242 g/mol. The molecule has 0 aromatic carbocycles. The second-order valence-corrected chi connectivity index (χ2v) is 4.97. The molecule has 0 aromatic rings. The molecule has 4 heteroatoms. The van der Waals surface area contributed by atoms with Gasteiger partial charge < -0.3 is 10.1 Å². The summed E-state index contributed by atoms with van der Waals surface area (Å²) in [6, 6.07) is -0.542. The van der Waals surface area contributed by atoms with E-state index in [9.17, 15) is 9.59 Å². The van der Waals surface area contributed by atoms with Crippen LogP contribution in [0.1, 0.15) is 72.1 Å². The van der Waals surface area contributed by atoms with E-state index in [-0.39, 0.29) is 11.9 Å². The summed E-state index contributed by atoms with van der Waals surface area (Å²) in [5.41, 5.74) is 0. The molecule has 0 aliphatic carbocycles. The predicted molar refractivity (Wildman–Crippen MR) is 76.8 cm³/mol. The van der Waals surface area contributed by atoms with E-state index in [0.717, 1.165) is 25.7 Å². The van der Waals surface area contributed by atoms with Gasteiger partial charge >= 0.3 is 5.97 Å². The Bertz CT molecular complexity index is 254. The first-order chi connectivity index (χ1) is 9.11. The monoisotopic (exact) mass is 271 g/mol. The Hall–Kier alpha value is -1.06. The zero-order valence-electron chi connectivity index (χ0n) is 12.7. The molecule has 0 rings (SSSR count). The van der Waals surface area contributed by atoms with Gasteiger partial charge in [-0.3, -0.25) is 4.79 Å². The van der Waals surface area contributed by atoms with Crippen LogP contribution in [0.2, 0.25) is 0 Å². The van der Waals surface area contributed by atoms with E-state index >= 15 is 0 Å². The number of amides is 1. The Kier molecular flexibility index (Phi) is 11.3. The molecule has 1 atom stereocenters. The summed E-state index contributed by atoms with van der Waals surface area (Å²) in [4.78, 5) is 23.1. The van der Waals surface area contributed by atoms with Crippen molar-refractivity contribution in [2.24, 2.45) is 0 Å². The third kappa shape index (κ3) is 10.5. The van der Waals surface area contributed by atoms with Crippen LogP contribution in [0.25, 0.3) is 0 Å². The second-order valence-electron chi connectivity index (χ2n) is 4.97. The average Bonchev–Trinajstić information content (AvgIpc) is 2.40. The number of hydrogen-bond acceptors (Lipinski definition) is 3. The molecule has 0 bridgehead atoms. The molecule has 0 saturated heterocycles. The quantitative estimate of drug-likeness (QED) is 0.464. The normalized spacial score (nSPS) is 11.9. The van der Waals surface area contributed by atoms with Crippen molar-refractivity contribution in [2.45, 2.75) is 78.2 Å². The minimum Gasteiger partial charge on any atom is -0.464 e. The van der Waals surface area contributed by atoms with Gasteiger partial charge in [0, 0.05) is 6.42 Å². The SMILES string of the molecule is CCCCCCCOC(=O)[C@H](C)NC(=O)CCCC. The Morgan fingerprint density at radius 3 is 2.26 bits per heavy atom. The van der Waals surface area contributed by atoms with Crippen molar-refractivity contribution in [3.05, 3.63) is 0 Å². The molecule has 1 N–H and O–H groups in total. The van der Waals surface area contributed by atoms with Crippen molar-refractivity contribution in [1.29, 1.82) is 0 Å². The Morgan fingerprint density at radius 1 is 1.00 bits per heavy atom. The van der Waals surface area contributed by atoms with Gasteiger partial charge in [-0.1, -0.05) is 46.0 Å². The molecule has 0 unspecified atom stereocenters. The molecule has 0 heterocycles. The van der Waals surface area contributed by atoms with Crippen LogP contribution in [0, 0.1) is 0 Å². The molecular formula is C15H29NO3. The second kappa shape index (κ2) is 12.0. The van der Waals surface area contributed by atoms with E-state index in [1.54, 1.807) is 6.92 Å². The number of carbonyl (C=O) groups is 2. The standard InChI is InChI=1S/C15H29NO3/c1-4-6-8-9-10-12-19-15(18)13(3)16-14(17)11-7-5-2/h13H,4-12H2,1-3H3,(H,16,17)/t13-/m0/s1. The number of unbranched alkanes of at least 4 members (excludes halogenated alkanes) is 5. The fraction of sp³-hybridized carbons (Fsp3) is 0.867. The molecule has 0 aliphatic heterocycles. The summed E-state index contributed by atoms with van der Waals surface area (Å²) in [5, 5.41) is 2.66. The van der Waals surface area contributed by atoms with E-state index in [0.29, 0.717) is 13.0 Å². The van der Waals surface area contributed by atoms with E-state index in [4.69, 9.17) is 4.74 Å². The molecule has 19 heavy (non-hydrogen) atoms. The fourth-order valence-electron chi connectivity index (χ4n) is 1.71. The molecule has 4 nitrogen and oxygen atoms in total. The maximum atomic E-state index is 11.6. The van der Waals surface area contributed by atoms with Crippen LogP contribution < -0.4 is 5.32 Å². The number of rotatable bonds is 11. The van der Waals surface area contributed by atoms with Gasteiger partial charge in [0.15, 0.2) is 0 Å². The summed E-state index contributed by atoms with van der Waals surface area (Å²) < 4.78 is 5.14. The van der Waals surface area contributed by atoms with Gasteiger partial charge in [0.05, 0.1) is 6.61 Å². The van der Waals surface area contributed by atoms with Gasteiger partial charge in [-0.2, -0.15) is 0 Å². The summed E-state index contributed by atoms with van der Waals surface area (Å²) in [6.45, 7) is 6.33. The number of nitrogens with one attached hydrogen (secondary N) is 1. The van der Waals surface area contributed by atoms with Crippen molar-refractivity contribution in [3.63, 3.8) is 0 Å². The number of hydrogen-bond donors (Lipinski definition) is 1. The van der Waals surface area contributed by atoms with Crippen LogP contribution in [0.5, 0.6) is 0 Å². The first-order valence-corrected chi connectivity index (χ1v) is 7.57. The largest absolute Gasteiger partial charge is 0.464 e. The summed E-state index contributed by atoms with van der Waals surface area (Å²) in [5.74, 6) is -0.408. The molecule has 0 radical (unpaired) electrons. The van der Waals surface area contributed by atoms with Gasteiger partial charge in [0.2, 0.25) is 5.91 Å². The van der Waals surface area contributed by atoms with Gasteiger partial charge in [0.1, 0.15) is 6.04 Å². The van der Waals surface area contributed by atoms with E-state index in [1.807, 2.05) is 6.92 Å². The first kappa shape index (κ1) is 17.9. The van der Waals surface area contributed by atoms with Crippen LogP contribution >= 0.6 is 0 Å². The van der Waals surface area contributed by atoms with Crippen LogP contribution in [0.15, 0.2) is 0 Å². The summed E-state index contributed by atoms with van der Waals surface area (Å²) >= 11 is 0. The van der Waals surface area contributed by atoms with Gasteiger partial charge in [-0.15, -0.1) is 0 Å². The zero-order valence-corrected chi connectivity index (χ0v) is 12.7. The fourth-order valence-corrected chi connectivity index (χ4v) is 1.71. The van der Waals surface area contributed by atoms with E-state index in [2.05, 4.69) is 12.2 Å². The topological polar surface area (TPSA) is 55.4 Å². The Labute approximate surface area is 117 Å². The van der Waals surface area contributed by atoms with Crippen molar-refractivity contribution in [2.75, 3.05) is 6.61 Å². The lowest BCUT2D eigenvalue weighted by Crippen LogP contribution is -2.39. The van der Waals surface area contributed by atoms with Crippen molar-refractivity contribution in [3.8, 4) is 0 Å². The lowest BCUT2D eigenvalue weighted by atomic mass is 10.2. The van der Waals surface area contributed by atoms with Gasteiger partial charge in [-0.25, -0.2) is 4.79 Å². The number of ether oxygens (including phenoxy) is 1. The van der Waals surface area contributed by atoms with Crippen LogP contribution in [-0.4, -0.2) is 24.5 Å². The van der Waals surface area contributed by atoms with Crippen molar-refractivity contribution >= 4 is 11.9 Å². The van der Waals surface area contributed by atoms with Crippen molar-refractivity contribution in [1.82, 2.24) is 5.32 Å². The average molecular weight is 271 g/mol. The van der Waals surface area contributed by atoms with Crippen LogP contribution in [-0.2, 0) is 14.3 Å². The lowest BCUT2D eigenvalue weighted by molar-refractivity contribution is -0.147. The highest BCUT2D eigenvalue weighted by atomic mass is 16.5. The minimum absolute atomic E-state index is 0.0748. The maximum Gasteiger partial charge on any atom is 0.328 e. The van der Waals surface area contributed by atoms with E-state index < -0.39 is 6.04 Å². The van der Waals surface area contributed by atoms with E-state index in [1.165, 1.54) is 19.3 Å². The maximum absolute atomic E-state index is 11.6. The number of carbonyl (C=O) groups excluding carboxylic acids is 2. The molecule has 1 amide bonds. The summed E-state index contributed by atoms with van der Waals surface area (Å²) in [6.07, 6.45) is 7.94. The summed E-state index contributed by atoms with van der Waals surface area (Å²) in [7, 11) is 0. The van der Waals surface area contributed by atoms with Gasteiger partial charge in [-0.05, 0) is 19.8 Å².